The third kappa shape index (κ3) is 5.66. The molecule has 0 unspecified atom stereocenters. The summed E-state index contributed by atoms with van der Waals surface area (Å²) in [5.74, 6) is 0.842. The number of benzene rings is 2. The van der Waals surface area contributed by atoms with Gasteiger partial charge in [-0.2, -0.15) is 9.78 Å². The Labute approximate surface area is 218 Å². The highest BCUT2D eigenvalue weighted by atomic mass is 35.5. The Morgan fingerprint density at radius 1 is 0.939 bits per heavy atom. The van der Waals surface area contributed by atoms with Crippen molar-refractivity contribution in [2.75, 3.05) is 5.32 Å². The maximum Gasteiger partial charge on any atom is 0.221 e. The van der Waals surface area contributed by atoms with Crippen molar-refractivity contribution in [2.45, 2.75) is 6.67 Å². The Kier molecular flexibility index (Phi) is 7.53. The molecule has 33 heavy (non-hydrogen) atoms. The monoisotopic (exact) mass is 557 g/mol. The van der Waals surface area contributed by atoms with Gasteiger partial charge in [-0.25, -0.2) is 4.68 Å². The van der Waals surface area contributed by atoms with Gasteiger partial charge in [0.15, 0.2) is 11.0 Å². The van der Waals surface area contributed by atoms with E-state index in [9.17, 15) is 0 Å². The molecule has 0 atom stereocenters. The van der Waals surface area contributed by atoms with Crippen LogP contribution in [0, 0.1) is 4.77 Å². The molecule has 0 saturated carbocycles. The van der Waals surface area contributed by atoms with Crippen molar-refractivity contribution >= 4 is 82.3 Å². The van der Waals surface area contributed by atoms with Crippen LogP contribution in [-0.2, 0) is 6.67 Å². The molecule has 0 bridgehead atoms. The zero-order valence-electron chi connectivity index (χ0n) is 16.4. The van der Waals surface area contributed by atoms with E-state index in [1.165, 1.54) is 9.36 Å². The van der Waals surface area contributed by atoms with Crippen molar-refractivity contribution in [2.24, 2.45) is 5.10 Å². The lowest BCUT2D eigenvalue weighted by molar-refractivity contribution is 0.647. The first-order chi connectivity index (χ1) is 15.8. The van der Waals surface area contributed by atoms with Crippen molar-refractivity contribution in [3.05, 3.63) is 84.1 Å². The number of aromatic nitrogens is 5. The van der Waals surface area contributed by atoms with Crippen molar-refractivity contribution in [3.63, 3.8) is 0 Å². The van der Waals surface area contributed by atoms with E-state index in [0.717, 1.165) is 5.56 Å². The summed E-state index contributed by atoms with van der Waals surface area (Å²) in [5.41, 5.74) is 1.28. The third-order valence-electron chi connectivity index (χ3n) is 4.29. The molecule has 0 radical (unpaired) electrons. The van der Waals surface area contributed by atoms with Crippen LogP contribution < -0.4 is 5.32 Å². The Balaban J connectivity index is 1.76. The predicted octanol–water partition coefficient (Wildman–Crippen LogP) is 7.09. The molecule has 4 aromatic rings. The minimum absolute atomic E-state index is 0.178. The van der Waals surface area contributed by atoms with Gasteiger partial charge in [0.05, 0.1) is 16.3 Å². The molecule has 2 aromatic heterocycles. The van der Waals surface area contributed by atoms with Gasteiger partial charge in [-0.15, -0.1) is 15.3 Å². The molecular formula is C20H12Cl5N7S. The fraction of sp³-hybridized carbons (Fsp3) is 0.0500. The Morgan fingerprint density at radius 2 is 1.70 bits per heavy atom. The first-order valence-electron chi connectivity index (χ1n) is 9.19. The van der Waals surface area contributed by atoms with Gasteiger partial charge in [-0.3, -0.25) is 0 Å². The van der Waals surface area contributed by atoms with Crippen LogP contribution in [0.5, 0.6) is 0 Å². The van der Waals surface area contributed by atoms with Gasteiger partial charge in [0.2, 0.25) is 4.77 Å². The zero-order valence-corrected chi connectivity index (χ0v) is 21.0. The zero-order chi connectivity index (χ0) is 23.5. The number of halogens is 5. The lowest BCUT2D eigenvalue weighted by Crippen LogP contribution is -2.11. The molecule has 0 aliphatic rings. The number of nitrogens with one attached hydrogen (secondary N) is 1. The SMILES string of the molecule is S=c1n(CNc2ccc(Cl)nn2)nc(-c2cc(Cl)cc(Cl)c2Cl)n1/N=C/c1ccc(Cl)cc1. The summed E-state index contributed by atoms with van der Waals surface area (Å²) in [6, 6.07) is 13.7. The third-order valence-corrected chi connectivity index (χ3v) is 6.14. The molecule has 13 heteroatoms. The summed E-state index contributed by atoms with van der Waals surface area (Å²) in [6.07, 6.45) is 1.62. The normalized spacial score (nSPS) is 11.3. The fourth-order valence-electron chi connectivity index (χ4n) is 2.73. The number of nitrogens with zero attached hydrogens (tertiary/aromatic N) is 6. The molecule has 4 rings (SSSR count). The van der Waals surface area contributed by atoms with E-state index >= 15 is 0 Å². The summed E-state index contributed by atoms with van der Waals surface area (Å²) in [4.78, 5) is 0. The number of hydrogen-bond acceptors (Lipinski definition) is 6. The lowest BCUT2D eigenvalue weighted by atomic mass is 10.2. The topological polar surface area (TPSA) is 72.9 Å². The van der Waals surface area contributed by atoms with Crippen LogP contribution in [0.3, 0.4) is 0 Å². The second-order valence-corrected chi connectivity index (χ2v) is 8.95. The van der Waals surface area contributed by atoms with Crippen molar-refractivity contribution in [1.29, 1.82) is 0 Å². The first kappa shape index (κ1) is 23.9. The van der Waals surface area contributed by atoms with Gasteiger partial charge < -0.3 is 5.32 Å². The molecule has 168 valence electrons. The highest BCUT2D eigenvalue weighted by Crippen LogP contribution is 2.36. The Hall–Kier alpha value is -2.20. The maximum absolute atomic E-state index is 6.46. The van der Waals surface area contributed by atoms with E-state index in [2.05, 4.69) is 25.7 Å². The van der Waals surface area contributed by atoms with Crippen molar-refractivity contribution < 1.29 is 0 Å². The number of rotatable bonds is 6. The summed E-state index contributed by atoms with van der Waals surface area (Å²) >= 11 is 36.3. The molecule has 2 aromatic carbocycles. The standard InChI is InChI=1S/C20H12Cl5N7S/c21-12-3-1-11(2-4-12)9-27-32-19(14-7-13(22)8-15(23)18(14)25)30-31(20(32)33)10-26-17-6-5-16(24)28-29-17/h1-9H,10H2,(H,26,29)/b27-9+. The minimum Gasteiger partial charge on any atom is -0.349 e. The summed E-state index contributed by atoms with van der Waals surface area (Å²) in [5, 5.41) is 21.8. The van der Waals surface area contributed by atoms with Gasteiger partial charge in [0.25, 0.3) is 0 Å². The quantitative estimate of drug-likeness (QED) is 0.155. The highest BCUT2D eigenvalue weighted by molar-refractivity contribution is 7.71. The van der Waals surface area contributed by atoms with Crippen LogP contribution in [0.15, 0.2) is 53.6 Å². The number of hydrogen-bond donors (Lipinski definition) is 1. The van der Waals surface area contributed by atoms with E-state index in [0.29, 0.717) is 27.3 Å². The van der Waals surface area contributed by atoms with E-state index in [-0.39, 0.29) is 26.6 Å². The minimum atomic E-state index is 0.178. The summed E-state index contributed by atoms with van der Waals surface area (Å²) in [6.45, 7) is 0.178. The predicted molar refractivity (Wildman–Crippen MR) is 137 cm³/mol. The van der Waals surface area contributed by atoms with E-state index in [1.54, 1.807) is 42.6 Å². The van der Waals surface area contributed by atoms with Crippen LogP contribution in [0.25, 0.3) is 11.4 Å². The van der Waals surface area contributed by atoms with Crippen LogP contribution in [0.1, 0.15) is 5.56 Å². The molecule has 0 aliphatic heterocycles. The van der Waals surface area contributed by atoms with Gasteiger partial charge in [-0.1, -0.05) is 70.1 Å². The first-order valence-corrected chi connectivity index (χ1v) is 11.5. The second-order valence-electron chi connectivity index (χ2n) is 6.54. The average molecular weight is 560 g/mol. The van der Waals surface area contributed by atoms with Crippen LogP contribution >= 0.6 is 70.2 Å². The smallest absolute Gasteiger partial charge is 0.221 e. The molecular weight excluding hydrogens is 548 g/mol. The van der Waals surface area contributed by atoms with Crippen LogP contribution in [0.4, 0.5) is 5.82 Å². The number of anilines is 1. The van der Waals surface area contributed by atoms with Crippen LogP contribution in [0.2, 0.25) is 25.2 Å². The van der Waals surface area contributed by atoms with Gasteiger partial charge in [0.1, 0.15) is 12.5 Å². The lowest BCUT2D eigenvalue weighted by Gasteiger charge is -2.06. The summed E-state index contributed by atoms with van der Waals surface area (Å²) < 4.78 is 3.27. The van der Waals surface area contributed by atoms with Crippen molar-refractivity contribution in [3.8, 4) is 11.4 Å². The Bertz CT molecular complexity index is 1380. The molecule has 0 fully saturated rings. The van der Waals surface area contributed by atoms with E-state index < -0.39 is 0 Å². The van der Waals surface area contributed by atoms with E-state index in [4.69, 9.17) is 70.2 Å². The molecule has 0 amide bonds. The molecule has 0 aliphatic carbocycles. The second kappa shape index (κ2) is 10.4. The Morgan fingerprint density at radius 3 is 2.39 bits per heavy atom. The van der Waals surface area contributed by atoms with Crippen molar-refractivity contribution in [1.82, 2.24) is 24.7 Å². The molecule has 7 nitrogen and oxygen atoms in total. The molecule has 1 N–H and O–H groups in total. The summed E-state index contributed by atoms with van der Waals surface area (Å²) in [7, 11) is 0. The van der Waals surface area contributed by atoms with Gasteiger partial charge >= 0.3 is 0 Å². The largest absolute Gasteiger partial charge is 0.349 e. The maximum atomic E-state index is 6.46. The molecule has 0 saturated heterocycles. The average Bonchev–Trinajstić information content (AvgIpc) is 3.10. The van der Waals surface area contributed by atoms with Gasteiger partial charge in [-0.05, 0) is 54.2 Å². The molecule has 2 heterocycles. The fourth-order valence-corrected chi connectivity index (χ4v) is 3.89. The van der Waals surface area contributed by atoms with Crippen LogP contribution in [-0.4, -0.2) is 30.9 Å². The highest BCUT2D eigenvalue weighted by Gasteiger charge is 2.18. The van der Waals surface area contributed by atoms with Gasteiger partial charge in [0, 0.05) is 15.6 Å². The van der Waals surface area contributed by atoms with E-state index in [1.807, 2.05) is 12.1 Å². The molecule has 0 spiro atoms.